The van der Waals surface area contributed by atoms with Gasteiger partial charge in [0.2, 0.25) is 0 Å². The van der Waals surface area contributed by atoms with E-state index in [2.05, 4.69) is 36.4 Å². The van der Waals surface area contributed by atoms with Crippen LogP contribution >= 0.6 is 0 Å². The summed E-state index contributed by atoms with van der Waals surface area (Å²) in [4.78, 5) is 2.45. The van der Waals surface area contributed by atoms with Gasteiger partial charge in [0.15, 0.2) is 0 Å². The zero-order valence-electron chi connectivity index (χ0n) is 14.5. The molecule has 124 valence electrons. The Kier molecular flexibility index (Phi) is 7.48. The number of hydrogen-bond donors (Lipinski definition) is 2. The van der Waals surface area contributed by atoms with Crippen LogP contribution in [0.2, 0.25) is 0 Å². The molecule has 21 heavy (non-hydrogen) atoms. The third kappa shape index (κ3) is 5.54. The third-order valence-corrected chi connectivity index (χ3v) is 5.66. The molecule has 2 N–H and O–H groups in total. The fraction of sp³-hybridized carbons (Fsp3) is 1.00. The molecule has 0 spiro atoms. The summed E-state index contributed by atoms with van der Waals surface area (Å²) < 4.78 is 0. The monoisotopic (exact) mass is 295 g/mol. The Morgan fingerprint density at radius 1 is 1.10 bits per heavy atom. The highest BCUT2D eigenvalue weighted by molar-refractivity contribution is 4.91. The fourth-order valence-corrected chi connectivity index (χ4v) is 4.00. The van der Waals surface area contributed by atoms with Crippen molar-refractivity contribution in [3.63, 3.8) is 0 Å². The molecule has 1 aliphatic heterocycles. The molecule has 1 saturated carbocycles. The lowest BCUT2D eigenvalue weighted by Gasteiger charge is -2.36. The Bertz CT molecular complexity index is 274. The van der Waals surface area contributed by atoms with Gasteiger partial charge in [-0.05, 0) is 85.0 Å². The third-order valence-electron chi connectivity index (χ3n) is 5.66. The van der Waals surface area contributed by atoms with Crippen LogP contribution in [-0.4, -0.2) is 49.7 Å². The van der Waals surface area contributed by atoms with Gasteiger partial charge in [0.25, 0.3) is 0 Å². The summed E-state index contributed by atoms with van der Waals surface area (Å²) >= 11 is 0. The van der Waals surface area contributed by atoms with E-state index in [1.165, 1.54) is 71.0 Å². The van der Waals surface area contributed by atoms with Crippen molar-refractivity contribution in [2.24, 2.45) is 5.92 Å². The van der Waals surface area contributed by atoms with Crippen LogP contribution in [0.25, 0.3) is 0 Å². The van der Waals surface area contributed by atoms with E-state index in [1.807, 2.05) is 0 Å². The maximum atomic E-state index is 3.89. The van der Waals surface area contributed by atoms with Crippen LogP contribution < -0.4 is 10.6 Å². The highest BCUT2D eigenvalue weighted by Crippen LogP contribution is 2.30. The summed E-state index contributed by atoms with van der Waals surface area (Å²) in [6.45, 7) is 8.24. The van der Waals surface area contributed by atoms with E-state index in [1.54, 1.807) is 0 Å². The average Bonchev–Trinajstić information content (AvgIpc) is 3.01. The molecule has 3 atom stereocenters. The molecule has 2 fully saturated rings. The number of nitrogens with zero attached hydrogens (tertiary/aromatic N) is 1. The first-order valence-corrected chi connectivity index (χ1v) is 9.35. The first-order valence-electron chi connectivity index (χ1n) is 9.35. The van der Waals surface area contributed by atoms with Crippen molar-refractivity contribution in [2.75, 3.05) is 26.7 Å². The van der Waals surface area contributed by atoms with Gasteiger partial charge in [-0.3, -0.25) is 0 Å². The van der Waals surface area contributed by atoms with E-state index in [9.17, 15) is 0 Å². The zero-order chi connectivity index (χ0) is 15.1. The highest BCUT2D eigenvalue weighted by Gasteiger charge is 2.32. The van der Waals surface area contributed by atoms with Gasteiger partial charge in [-0.1, -0.05) is 12.8 Å². The van der Waals surface area contributed by atoms with E-state index in [4.69, 9.17) is 0 Å². The van der Waals surface area contributed by atoms with E-state index in [0.29, 0.717) is 6.04 Å². The Morgan fingerprint density at radius 3 is 2.62 bits per heavy atom. The second-order valence-electron chi connectivity index (χ2n) is 7.49. The normalized spacial score (nSPS) is 30.4. The smallest absolute Gasteiger partial charge is 0.0111 e. The molecule has 3 nitrogen and oxygen atoms in total. The van der Waals surface area contributed by atoms with Crippen LogP contribution in [-0.2, 0) is 0 Å². The van der Waals surface area contributed by atoms with Gasteiger partial charge < -0.3 is 15.5 Å². The van der Waals surface area contributed by atoms with Crippen LogP contribution in [0.5, 0.6) is 0 Å². The van der Waals surface area contributed by atoms with Gasteiger partial charge >= 0.3 is 0 Å². The van der Waals surface area contributed by atoms with Crippen LogP contribution in [0.1, 0.15) is 65.2 Å². The van der Waals surface area contributed by atoms with Gasteiger partial charge in [-0.15, -0.1) is 0 Å². The molecule has 0 bridgehead atoms. The largest absolute Gasteiger partial charge is 0.314 e. The molecular weight excluding hydrogens is 258 g/mol. The minimum atomic E-state index is 0.675. The topological polar surface area (TPSA) is 27.3 Å². The molecule has 2 rings (SSSR count). The van der Waals surface area contributed by atoms with E-state index in [0.717, 1.165) is 18.0 Å². The predicted octanol–water partition coefficient (Wildman–Crippen LogP) is 3.01. The first kappa shape index (κ1) is 17.2. The number of rotatable bonds is 8. The second kappa shape index (κ2) is 9.12. The van der Waals surface area contributed by atoms with Crippen LogP contribution in [0.15, 0.2) is 0 Å². The van der Waals surface area contributed by atoms with Gasteiger partial charge in [0, 0.05) is 18.1 Å². The van der Waals surface area contributed by atoms with Crippen molar-refractivity contribution in [3.05, 3.63) is 0 Å². The molecule has 1 heterocycles. The molecule has 0 aromatic heterocycles. The summed E-state index contributed by atoms with van der Waals surface area (Å²) in [5.41, 5.74) is 0. The van der Waals surface area contributed by atoms with Crippen molar-refractivity contribution < 1.29 is 0 Å². The zero-order valence-corrected chi connectivity index (χ0v) is 14.5. The molecule has 0 aromatic rings. The molecular formula is C18H37N3. The molecule has 1 saturated heterocycles. The van der Waals surface area contributed by atoms with Crippen LogP contribution in [0.3, 0.4) is 0 Å². The lowest BCUT2D eigenvalue weighted by atomic mass is 9.79. The van der Waals surface area contributed by atoms with E-state index < -0.39 is 0 Å². The predicted molar refractivity (Wildman–Crippen MR) is 91.8 cm³/mol. The summed E-state index contributed by atoms with van der Waals surface area (Å²) in [5, 5.41) is 7.63. The lowest BCUT2D eigenvalue weighted by molar-refractivity contribution is 0.212. The Morgan fingerprint density at radius 2 is 1.90 bits per heavy atom. The molecule has 2 aliphatic rings. The van der Waals surface area contributed by atoms with Crippen molar-refractivity contribution in [3.8, 4) is 0 Å². The van der Waals surface area contributed by atoms with Crippen LogP contribution in [0.4, 0.5) is 0 Å². The van der Waals surface area contributed by atoms with E-state index in [-0.39, 0.29) is 0 Å². The Balaban J connectivity index is 1.63. The second-order valence-corrected chi connectivity index (χ2v) is 7.49. The SMILES string of the molecule is CC(C)N(C)CCCCNC1CCCCC1C1CCCN1. The van der Waals surface area contributed by atoms with Crippen molar-refractivity contribution in [1.82, 2.24) is 15.5 Å². The Labute approximate surface area is 132 Å². The van der Waals surface area contributed by atoms with Gasteiger partial charge in [-0.25, -0.2) is 0 Å². The highest BCUT2D eigenvalue weighted by atomic mass is 15.1. The van der Waals surface area contributed by atoms with Crippen LogP contribution in [0, 0.1) is 5.92 Å². The van der Waals surface area contributed by atoms with Crippen molar-refractivity contribution in [2.45, 2.75) is 83.3 Å². The lowest BCUT2D eigenvalue weighted by Crippen LogP contribution is -2.47. The van der Waals surface area contributed by atoms with Gasteiger partial charge in [0.05, 0.1) is 0 Å². The molecule has 0 amide bonds. The van der Waals surface area contributed by atoms with E-state index >= 15 is 0 Å². The standard InChI is InChI=1S/C18H37N3/c1-15(2)21(3)14-7-6-12-19-17-10-5-4-9-16(17)18-11-8-13-20-18/h15-20H,4-14H2,1-3H3. The van der Waals surface area contributed by atoms with Gasteiger partial charge in [0.1, 0.15) is 0 Å². The molecule has 0 radical (unpaired) electrons. The maximum Gasteiger partial charge on any atom is 0.0111 e. The number of nitrogens with one attached hydrogen (secondary N) is 2. The van der Waals surface area contributed by atoms with Gasteiger partial charge in [-0.2, -0.15) is 0 Å². The first-order chi connectivity index (χ1) is 10.2. The molecule has 0 aromatic carbocycles. The number of unbranched alkanes of at least 4 members (excludes halogenated alkanes) is 1. The van der Waals surface area contributed by atoms with Crippen molar-refractivity contribution >= 4 is 0 Å². The molecule has 3 heteroatoms. The minimum Gasteiger partial charge on any atom is -0.314 e. The Hall–Kier alpha value is -0.120. The maximum absolute atomic E-state index is 3.89. The molecule has 3 unspecified atom stereocenters. The van der Waals surface area contributed by atoms with Crippen molar-refractivity contribution in [1.29, 1.82) is 0 Å². The quantitative estimate of drug-likeness (QED) is 0.674. The minimum absolute atomic E-state index is 0.675. The summed E-state index contributed by atoms with van der Waals surface area (Å²) in [5.74, 6) is 0.889. The average molecular weight is 296 g/mol. The molecule has 1 aliphatic carbocycles. The summed E-state index contributed by atoms with van der Waals surface area (Å²) in [6, 6.07) is 2.25. The summed E-state index contributed by atoms with van der Waals surface area (Å²) in [6.07, 6.45) is 11.1. The number of hydrogen-bond acceptors (Lipinski definition) is 3. The fourth-order valence-electron chi connectivity index (χ4n) is 4.00. The summed E-state index contributed by atoms with van der Waals surface area (Å²) in [7, 11) is 2.24.